The van der Waals surface area contributed by atoms with Gasteiger partial charge in [-0.2, -0.15) is 0 Å². The van der Waals surface area contributed by atoms with Crippen LogP contribution in [-0.2, 0) is 0 Å². The van der Waals surface area contributed by atoms with Gasteiger partial charge in [-0.05, 0) is 38.1 Å². The molecular weight excluding hydrogens is 322 g/mol. The van der Waals surface area contributed by atoms with Crippen molar-refractivity contribution in [3.05, 3.63) is 58.4 Å². The van der Waals surface area contributed by atoms with E-state index in [0.29, 0.717) is 27.7 Å². The van der Waals surface area contributed by atoms with Crippen LogP contribution in [0.1, 0.15) is 21.0 Å². The normalized spacial score (nSPS) is 10.8. The van der Waals surface area contributed by atoms with Gasteiger partial charge in [0.25, 0.3) is 5.91 Å². The number of carbonyl (C=O) groups excluding carboxylic acids is 1. The van der Waals surface area contributed by atoms with E-state index in [-0.39, 0.29) is 5.91 Å². The van der Waals surface area contributed by atoms with Crippen molar-refractivity contribution in [2.24, 2.45) is 0 Å². The van der Waals surface area contributed by atoms with Crippen LogP contribution >= 0.6 is 11.3 Å². The molecule has 0 aliphatic rings. The molecule has 0 fully saturated rings. The number of benzene rings is 1. The van der Waals surface area contributed by atoms with Crippen LogP contribution in [0.15, 0.2) is 34.9 Å². The third kappa shape index (κ3) is 3.00. The first-order chi connectivity index (χ1) is 11.0. The summed E-state index contributed by atoms with van der Waals surface area (Å²) in [5, 5.41) is 3.07. The Kier molecular flexibility index (Phi) is 3.96. The van der Waals surface area contributed by atoms with Gasteiger partial charge < -0.3 is 4.42 Å². The Bertz CT molecular complexity index is 886. The van der Waals surface area contributed by atoms with E-state index in [9.17, 15) is 13.6 Å². The Morgan fingerprint density at radius 3 is 2.65 bits per heavy atom. The Balaban J connectivity index is 1.87. The van der Waals surface area contributed by atoms with Crippen LogP contribution < -0.4 is 5.32 Å². The van der Waals surface area contributed by atoms with E-state index in [4.69, 9.17) is 4.42 Å². The first kappa shape index (κ1) is 15.4. The van der Waals surface area contributed by atoms with Gasteiger partial charge in [-0.25, -0.2) is 13.8 Å². The number of furan rings is 1. The van der Waals surface area contributed by atoms with Crippen molar-refractivity contribution in [3.8, 4) is 11.3 Å². The number of nitrogens with zero attached hydrogens (tertiary/aromatic N) is 1. The molecule has 7 heteroatoms. The van der Waals surface area contributed by atoms with Gasteiger partial charge in [0.05, 0.1) is 17.5 Å². The number of aromatic nitrogens is 1. The summed E-state index contributed by atoms with van der Waals surface area (Å²) < 4.78 is 31.5. The van der Waals surface area contributed by atoms with Crippen molar-refractivity contribution in [2.45, 2.75) is 13.8 Å². The van der Waals surface area contributed by atoms with Crippen molar-refractivity contribution in [1.82, 2.24) is 4.98 Å². The lowest BCUT2D eigenvalue weighted by Gasteiger charge is -2.00. The van der Waals surface area contributed by atoms with Gasteiger partial charge in [0.15, 0.2) is 16.8 Å². The predicted molar refractivity (Wildman–Crippen MR) is 83.6 cm³/mol. The molecule has 1 N–H and O–H groups in total. The highest BCUT2D eigenvalue weighted by Crippen LogP contribution is 2.31. The average molecular weight is 334 g/mol. The Morgan fingerprint density at radius 2 is 2.00 bits per heavy atom. The van der Waals surface area contributed by atoms with Gasteiger partial charge in [-0.1, -0.05) is 0 Å². The lowest BCUT2D eigenvalue weighted by atomic mass is 10.1. The van der Waals surface area contributed by atoms with Crippen molar-refractivity contribution < 1.29 is 18.0 Å². The van der Waals surface area contributed by atoms with E-state index in [1.54, 1.807) is 19.9 Å². The Labute approximate surface area is 134 Å². The second kappa shape index (κ2) is 5.92. The molecule has 0 atom stereocenters. The highest BCUT2D eigenvalue weighted by atomic mass is 32.1. The summed E-state index contributed by atoms with van der Waals surface area (Å²) >= 11 is 1.26. The number of carbonyl (C=O) groups is 1. The number of halogens is 2. The van der Waals surface area contributed by atoms with Crippen molar-refractivity contribution >= 4 is 22.4 Å². The van der Waals surface area contributed by atoms with Gasteiger partial charge in [0.2, 0.25) is 0 Å². The third-order valence-corrected chi connectivity index (χ3v) is 4.20. The van der Waals surface area contributed by atoms with Crippen LogP contribution in [0.2, 0.25) is 0 Å². The van der Waals surface area contributed by atoms with Gasteiger partial charge in [0.1, 0.15) is 5.76 Å². The number of amides is 1. The molecule has 0 aliphatic heterocycles. The molecule has 0 bridgehead atoms. The van der Waals surface area contributed by atoms with E-state index >= 15 is 0 Å². The molecule has 3 rings (SSSR count). The molecule has 4 nitrogen and oxygen atoms in total. The number of thiazole rings is 1. The van der Waals surface area contributed by atoms with Crippen LogP contribution in [0, 0.1) is 25.5 Å². The second-order valence-corrected chi connectivity index (χ2v) is 6.10. The number of hydrogen-bond acceptors (Lipinski definition) is 4. The fraction of sp³-hybridized carbons (Fsp3) is 0.125. The van der Waals surface area contributed by atoms with E-state index in [0.717, 1.165) is 17.0 Å². The van der Waals surface area contributed by atoms with Gasteiger partial charge >= 0.3 is 0 Å². The molecule has 23 heavy (non-hydrogen) atoms. The minimum atomic E-state index is -0.936. The SMILES string of the molecule is Cc1occc1C(=O)Nc1nc(-c2ccc(F)c(F)c2)c(C)s1. The monoisotopic (exact) mass is 334 g/mol. The summed E-state index contributed by atoms with van der Waals surface area (Å²) in [6.07, 6.45) is 1.43. The van der Waals surface area contributed by atoms with Gasteiger partial charge in [-0.3, -0.25) is 10.1 Å². The zero-order chi connectivity index (χ0) is 16.6. The van der Waals surface area contributed by atoms with E-state index in [1.807, 2.05) is 0 Å². The highest BCUT2D eigenvalue weighted by Gasteiger charge is 2.16. The number of aryl methyl sites for hydroxylation is 2. The number of rotatable bonds is 3. The molecule has 1 amide bonds. The fourth-order valence-electron chi connectivity index (χ4n) is 2.15. The summed E-state index contributed by atoms with van der Waals surface area (Å²) in [5.74, 6) is -1.67. The minimum absolute atomic E-state index is 0.332. The maximum atomic E-state index is 13.4. The molecule has 3 aromatic rings. The van der Waals surface area contributed by atoms with E-state index in [1.165, 1.54) is 23.7 Å². The molecule has 2 aromatic heterocycles. The molecule has 1 aromatic carbocycles. The molecule has 0 unspecified atom stereocenters. The van der Waals surface area contributed by atoms with Gasteiger partial charge in [-0.15, -0.1) is 11.3 Å². The third-order valence-electron chi connectivity index (χ3n) is 3.31. The molecule has 0 saturated carbocycles. The summed E-state index contributed by atoms with van der Waals surface area (Å²) in [4.78, 5) is 17.2. The fourth-order valence-corrected chi connectivity index (χ4v) is 2.98. The number of nitrogens with one attached hydrogen (secondary N) is 1. The molecule has 0 spiro atoms. The highest BCUT2D eigenvalue weighted by molar-refractivity contribution is 7.16. The quantitative estimate of drug-likeness (QED) is 0.764. The summed E-state index contributed by atoms with van der Waals surface area (Å²) in [7, 11) is 0. The molecular formula is C16H12F2N2O2S. The van der Waals surface area contributed by atoms with E-state index < -0.39 is 11.6 Å². The van der Waals surface area contributed by atoms with Crippen molar-refractivity contribution in [3.63, 3.8) is 0 Å². The van der Waals surface area contributed by atoms with Gasteiger partial charge in [0, 0.05) is 10.4 Å². The smallest absolute Gasteiger partial charge is 0.260 e. The maximum Gasteiger partial charge on any atom is 0.260 e. The van der Waals surface area contributed by atoms with Crippen LogP contribution in [0.3, 0.4) is 0 Å². The zero-order valence-corrected chi connectivity index (χ0v) is 13.1. The number of anilines is 1. The van der Waals surface area contributed by atoms with Crippen LogP contribution in [0.4, 0.5) is 13.9 Å². The topological polar surface area (TPSA) is 55.1 Å². The Hall–Kier alpha value is -2.54. The standard InChI is InChI=1S/C16H12F2N2O2S/c1-8-11(5-6-22-8)15(21)20-16-19-14(9(2)23-16)10-3-4-12(17)13(18)7-10/h3-7H,1-2H3,(H,19,20,21). The predicted octanol–water partition coefficient (Wildman–Crippen LogP) is 4.55. The van der Waals surface area contributed by atoms with E-state index in [2.05, 4.69) is 10.3 Å². The molecule has 0 radical (unpaired) electrons. The van der Waals surface area contributed by atoms with Crippen LogP contribution in [-0.4, -0.2) is 10.9 Å². The lowest BCUT2D eigenvalue weighted by molar-refractivity contribution is 0.102. The minimum Gasteiger partial charge on any atom is -0.469 e. The first-order valence-electron chi connectivity index (χ1n) is 6.74. The Morgan fingerprint density at radius 1 is 1.22 bits per heavy atom. The molecule has 2 heterocycles. The second-order valence-electron chi connectivity index (χ2n) is 4.90. The maximum absolute atomic E-state index is 13.4. The molecule has 118 valence electrons. The molecule has 0 aliphatic carbocycles. The van der Waals surface area contributed by atoms with Crippen LogP contribution in [0.5, 0.6) is 0 Å². The summed E-state index contributed by atoms with van der Waals surface area (Å²) in [6.45, 7) is 3.49. The van der Waals surface area contributed by atoms with Crippen molar-refractivity contribution in [2.75, 3.05) is 5.32 Å². The first-order valence-corrected chi connectivity index (χ1v) is 7.55. The largest absolute Gasteiger partial charge is 0.469 e. The molecule has 0 saturated heterocycles. The average Bonchev–Trinajstić information content (AvgIpc) is 3.08. The zero-order valence-electron chi connectivity index (χ0n) is 12.3. The summed E-state index contributed by atoms with van der Waals surface area (Å²) in [5.41, 5.74) is 1.39. The summed E-state index contributed by atoms with van der Waals surface area (Å²) in [6, 6.07) is 5.16. The number of hydrogen-bond donors (Lipinski definition) is 1. The van der Waals surface area contributed by atoms with Crippen molar-refractivity contribution in [1.29, 1.82) is 0 Å². The van der Waals surface area contributed by atoms with Crippen LogP contribution in [0.25, 0.3) is 11.3 Å². The lowest BCUT2D eigenvalue weighted by Crippen LogP contribution is -2.11.